The zero-order valence-electron chi connectivity index (χ0n) is 20.1. The number of alkyl carbamates (subject to hydrolysis) is 1. The zero-order valence-corrected chi connectivity index (χ0v) is 20.1. The fraction of sp³-hybridized carbons (Fsp3) is 0.615. The highest BCUT2D eigenvalue weighted by Crippen LogP contribution is 2.31. The highest BCUT2D eigenvalue weighted by Gasteiger charge is 2.33. The molecule has 8 nitrogen and oxygen atoms in total. The topological polar surface area (TPSA) is 114 Å². The van der Waals surface area contributed by atoms with Crippen LogP contribution in [0.15, 0.2) is 30.3 Å². The maximum Gasteiger partial charge on any atom is 0.408 e. The molecule has 3 amide bonds. The predicted octanol–water partition coefficient (Wildman–Crippen LogP) is 2.75. The van der Waals surface area contributed by atoms with Crippen molar-refractivity contribution in [2.45, 2.75) is 77.0 Å². The first-order valence-corrected chi connectivity index (χ1v) is 12.4. The summed E-state index contributed by atoms with van der Waals surface area (Å²) in [6.45, 7) is 4.50. The molecule has 1 aromatic rings. The standard InChI is InChI=1S/C26H37N3O5/c1-17(2)13-22(25(32)28-21(16-30)15-20-11-12-27-24(20)31)29-26(33)34-23-10-6-9-19(23)14-18-7-4-3-5-8-18/h3-5,7-8,16-17,19-23H,6,9-15H2,1-2H3,(H,27,31)(H,28,32)(H,29,33)/t19?,20-,21-,22-,23?/m0/s1. The van der Waals surface area contributed by atoms with Crippen molar-refractivity contribution < 1.29 is 23.9 Å². The number of carbonyl (C=O) groups excluding carboxylic acids is 4. The van der Waals surface area contributed by atoms with E-state index in [9.17, 15) is 19.2 Å². The Morgan fingerprint density at radius 1 is 1.15 bits per heavy atom. The minimum absolute atomic E-state index is 0.0943. The summed E-state index contributed by atoms with van der Waals surface area (Å²) in [4.78, 5) is 49.1. The third kappa shape index (κ3) is 7.57. The van der Waals surface area contributed by atoms with Crippen LogP contribution in [-0.2, 0) is 25.5 Å². The highest BCUT2D eigenvalue weighted by molar-refractivity contribution is 5.88. The highest BCUT2D eigenvalue weighted by atomic mass is 16.6. The molecule has 1 saturated carbocycles. The molecule has 3 rings (SSSR count). The van der Waals surface area contributed by atoms with E-state index in [-0.39, 0.29) is 36.2 Å². The molecule has 0 spiro atoms. The maximum absolute atomic E-state index is 12.9. The number of amides is 3. The quantitative estimate of drug-likeness (QED) is 0.430. The molecule has 8 heteroatoms. The van der Waals surface area contributed by atoms with Gasteiger partial charge >= 0.3 is 6.09 Å². The van der Waals surface area contributed by atoms with Crippen LogP contribution >= 0.6 is 0 Å². The third-order valence-electron chi connectivity index (χ3n) is 6.70. The Morgan fingerprint density at radius 3 is 2.56 bits per heavy atom. The summed E-state index contributed by atoms with van der Waals surface area (Å²) >= 11 is 0. The van der Waals surface area contributed by atoms with Crippen LogP contribution in [0.4, 0.5) is 4.79 Å². The molecule has 3 N–H and O–H groups in total. The van der Waals surface area contributed by atoms with Crippen LogP contribution < -0.4 is 16.0 Å². The van der Waals surface area contributed by atoms with Gasteiger partial charge in [0.2, 0.25) is 11.8 Å². The van der Waals surface area contributed by atoms with Crippen molar-refractivity contribution in [2.24, 2.45) is 17.8 Å². The van der Waals surface area contributed by atoms with Crippen LogP contribution in [0.2, 0.25) is 0 Å². The lowest BCUT2D eigenvalue weighted by Gasteiger charge is -2.25. The second kappa shape index (κ2) is 12.5. The molecule has 0 radical (unpaired) electrons. The number of hydrogen-bond donors (Lipinski definition) is 3. The van der Waals surface area contributed by atoms with Crippen molar-refractivity contribution in [3.8, 4) is 0 Å². The molecular formula is C26H37N3O5. The van der Waals surface area contributed by atoms with Gasteiger partial charge in [-0.3, -0.25) is 9.59 Å². The van der Waals surface area contributed by atoms with Gasteiger partial charge in [0.15, 0.2) is 0 Å². The molecule has 0 aromatic heterocycles. The average Bonchev–Trinajstić information content (AvgIpc) is 3.41. The van der Waals surface area contributed by atoms with Gasteiger partial charge in [-0.1, -0.05) is 44.2 Å². The summed E-state index contributed by atoms with van der Waals surface area (Å²) in [7, 11) is 0. The van der Waals surface area contributed by atoms with Crippen molar-refractivity contribution in [2.75, 3.05) is 6.54 Å². The van der Waals surface area contributed by atoms with E-state index in [4.69, 9.17) is 4.74 Å². The first kappa shape index (κ1) is 25.7. The van der Waals surface area contributed by atoms with Crippen LogP contribution in [-0.4, -0.2) is 48.9 Å². The number of carbonyl (C=O) groups is 4. The summed E-state index contributed by atoms with van der Waals surface area (Å²) in [6.07, 6.45) is 4.82. The van der Waals surface area contributed by atoms with Gasteiger partial charge in [-0.05, 0) is 56.4 Å². The van der Waals surface area contributed by atoms with E-state index < -0.39 is 24.1 Å². The van der Waals surface area contributed by atoms with Crippen LogP contribution in [0.5, 0.6) is 0 Å². The monoisotopic (exact) mass is 471 g/mol. The molecule has 2 aliphatic rings. The van der Waals surface area contributed by atoms with Gasteiger partial charge in [-0.25, -0.2) is 4.79 Å². The smallest absolute Gasteiger partial charge is 0.408 e. The average molecular weight is 472 g/mol. The molecule has 1 heterocycles. The number of aldehydes is 1. The Hall–Kier alpha value is -2.90. The second-order valence-electron chi connectivity index (χ2n) is 9.91. The summed E-state index contributed by atoms with van der Waals surface area (Å²) in [5, 5.41) is 8.16. The third-order valence-corrected chi connectivity index (χ3v) is 6.70. The molecule has 34 heavy (non-hydrogen) atoms. The zero-order chi connectivity index (χ0) is 24.5. The lowest BCUT2D eigenvalue weighted by Crippen LogP contribution is -2.51. The molecule has 186 valence electrons. The van der Waals surface area contributed by atoms with Crippen molar-refractivity contribution in [3.05, 3.63) is 35.9 Å². The summed E-state index contributed by atoms with van der Waals surface area (Å²) < 4.78 is 5.76. The number of ether oxygens (including phenoxy) is 1. The van der Waals surface area contributed by atoms with E-state index in [1.165, 1.54) is 5.56 Å². The van der Waals surface area contributed by atoms with Gasteiger partial charge in [0, 0.05) is 18.4 Å². The molecule has 0 bridgehead atoms. The van der Waals surface area contributed by atoms with Crippen LogP contribution in [0.1, 0.15) is 57.9 Å². The minimum atomic E-state index is -0.818. The van der Waals surface area contributed by atoms with Gasteiger partial charge in [-0.15, -0.1) is 0 Å². The molecule has 1 saturated heterocycles. The predicted molar refractivity (Wildman–Crippen MR) is 128 cm³/mol. The maximum atomic E-state index is 12.9. The van der Waals surface area contributed by atoms with Crippen molar-refractivity contribution >= 4 is 24.2 Å². The number of rotatable bonds is 11. The lowest BCUT2D eigenvalue weighted by molar-refractivity contribution is -0.127. The fourth-order valence-corrected chi connectivity index (χ4v) is 4.93. The Kier molecular flexibility index (Phi) is 9.48. The minimum Gasteiger partial charge on any atom is -0.446 e. The van der Waals surface area contributed by atoms with E-state index in [1.54, 1.807) is 0 Å². The van der Waals surface area contributed by atoms with E-state index in [1.807, 2.05) is 32.0 Å². The fourth-order valence-electron chi connectivity index (χ4n) is 4.93. The van der Waals surface area contributed by atoms with Crippen molar-refractivity contribution in [3.63, 3.8) is 0 Å². The summed E-state index contributed by atoms with van der Waals surface area (Å²) in [5.41, 5.74) is 1.22. The van der Waals surface area contributed by atoms with E-state index in [0.717, 1.165) is 25.7 Å². The second-order valence-corrected chi connectivity index (χ2v) is 9.91. The molecular weight excluding hydrogens is 434 g/mol. The molecule has 5 atom stereocenters. The Bertz CT molecular complexity index is 844. The number of hydrogen-bond acceptors (Lipinski definition) is 5. The van der Waals surface area contributed by atoms with Crippen LogP contribution in [0, 0.1) is 17.8 Å². The summed E-state index contributed by atoms with van der Waals surface area (Å²) in [5.74, 6) is -0.427. The molecule has 1 aliphatic heterocycles. The van der Waals surface area contributed by atoms with Gasteiger partial charge < -0.3 is 25.5 Å². The van der Waals surface area contributed by atoms with E-state index in [0.29, 0.717) is 25.7 Å². The largest absolute Gasteiger partial charge is 0.446 e. The summed E-state index contributed by atoms with van der Waals surface area (Å²) in [6, 6.07) is 8.56. The van der Waals surface area contributed by atoms with Gasteiger partial charge in [-0.2, -0.15) is 0 Å². The van der Waals surface area contributed by atoms with Crippen LogP contribution in [0.3, 0.4) is 0 Å². The first-order chi connectivity index (χ1) is 16.4. The van der Waals surface area contributed by atoms with E-state index >= 15 is 0 Å². The van der Waals surface area contributed by atoms with Gasteiger partial charge in [0.05, 0.1) is 6.04 Å². The Morgan fingerprint density at radius 2 is 1.91 bits per heavy atom. The number of nitrogens with one attached hydrogen (secondary N) is 3. The SMILES string of the molecule is CC(C)C[C@H](NC(=O)OC1CCCC1Cc1ccccc1)C(=O)N[C@H](C=O)C[C@@H]1CCNC1=O. The molecule has 1 aromatic carbocycles. The number of benzene rings is 1. The van der Waals surface area contributed by atoms with Crippen LogP contribution in [0.25, 0.3) is 0 Å². The van der Waals surface area contributed by atoms with Crippen molar-refractivity contribution in [1.29, 1.82) is 0 Å². The lowest BCUT2D eigenvalue weighted by atomic mass is 9.96. The molecule has 2 fully saturated rings. The normalized spacial score (nSPS) is 23.7. The first-order valence-electron chi connectivity index (χ1n) is 12.4. The van der Waals surface area contributed by atoms with Gasteiger partial charge in [0.1, 0.15) is 18.4 Å². The molecule has 1 aliphatic carbocycles. The van der Waals surface area contributed by atoms with E-state index in [2.05, 4.69) is 28.1 Å². The Labute approximate surface area is 201 Å². The van der Waals surface area contributed by atoms with Gasteiger partial charge in [0.25, 0.3) is 0 Å². The molecule has 2 unspecified atom stereocenters. The van der Waals surface area contributed by atoms with Crippen molar-refractivity contribution in [1.82, 2.24) is 16.0 Å². The Balaban J connectivity index is 1.55.